The number of aryl methyl sites for hydroxylation is 3. The van der Waals surface area contributed by atoms with Gasteiger partial charge >= 0.3 is 0 Å². The average molecular weight is 429 g/mol. The van der Waals surface area contributed by atoms with Crippen LogP contribution in [0, 0.1) is 20.8 Å². The molecule has 0 aromatic heterocycles. The number of rotatable bonds is 5. The van der Waals surface area contributed by atoms with Gasteiger partial charge in [-0.25, -0.2) is 8.42 Å². The number of nitrogens with one attached hydrogen (secondary N) is 2. The summed E-state index contributed by atoms with van der Waals surface area (Å²) in [6.07, 6.45) is 0. The minimum Gasteiger partial charge on any atom is -0.322 e. The first-order chi connectivity index (χ1) is 13.7. The second-order valence-corrected chi connectivity index (χ2v) is 8.90. The fourth-order valence-corrected chi connectivity index (χ4v) is 4.51. The van der Waals surface area contributed by atoms with Crippen LogP contribution in [-0.2, 0) is 10.0 Å². The van der Waals surface area contributed by atoms with Crippen molar-refractivity contribution in [3.63, 3.8) is 0 Å². The van der Waals surface area contributed by atoms with E-state index >= 15 is 0 Å². The summed E-state index contributed by atoms with van der Waals surface area (Å²) >= 11 is 5.95. The Balaban J connectivity index is 1.91. The van der Waals surface area contributed by atoms with E-state index < -0.39 is 15.9 Å². The van der Waals surface area contributed by atoms with Gasteiger partial charge in [0.15, 0.2) is 0 Å². The summed E-state index contributed by atoms with van der Waals surface area (Å²) in [4.78, 5) is 12.8. The molecule has 2 N–H and O–H groups in total. The van der Waals surface area contributed by atoms with Crippen molar-refractivity contribution in [1.82, 2.24) is 0 Å². The Bertz CT molecular complexity index is 1190. The highest BCUT2D eigenvalue weighted by atomic mass is 35.5. The molecule has 0 aliphatic heterocycles. The largest absolute Gasteiger partial charge is 0.322 e. The summed E-state index contributed by atoms with van der Waals surface area (Å²) < 4.78 is 28.5. The summed E-state index contributed by atoms with van der Waals surface area (Å²) in [6, 6.07) is 16.9. The summed E-state index contributed by atoms with van der Waals surface area (Å²) in [7, 11) is -3.86. The molecule has 0 aliphatic carbocycles. The van der Waals surface area contributed by atoms with E-state index in [1.54, 1.807) is 49.4 Å². The molecule has 0 bridgehead atoms. The molecule has 0 saturated heterocycles. The molecule has 0 heterocycles. The lowest BCUT2D eigenvalue weighted by atomic mass is 10.1. The van der Waals surface area contributed by atoms with Gasteiger partial charge in [-0.2, -0.15) is 0 Å². The maximum Gasteiger partial charge on any atom is 0.262 e. The maximum absolute atomic E-state index is 12.9. The molecule has 0 radical (unpaired) electrons. The Kier molecular flexibility index (Phi) is 5.96. The number of halogens is 1. The van der Waals surface area contributed by atoms with Crippen LogP contribution in [0.4, 0.5) is 11.4 Å². The molecule has 0 spiro atoms. The van der Waals surface area contributed by atoms with E-state index in [1.165, 1.54) is 6.07 Å². The van der Waals surface area contributed by atoms with Crippen LogP contribution >= 0.6 is 11.6 Å². The number of amides is 1. The van der Waals surface area contributed by atoms with Gasteiger partial charge < -0.3 is 5.32 Å². The zero-order chi connectivity index (χ0) is 21.2. The second kappa shape index (κ2) is 8.27. The molecule has 0 fully saturated rings. The summed E-state index contributed by atoms with van der Waals surface area (Å²) in [5.41, 5.74) is 3.52. The number of benzene rings is 3. The molecular weight excluding hydrogens is 408 g/mol. The van der Waals surface area contributed by atoms with Crippen LogP contribution in [0.15, 0.2) is 65.6 Å². The van der Waals surface area contributed by atoms with Gasteiger partial charge in [-0.05, 0) is 73.9 Å². The van der Waals surface area contributed by atoms with Crippen LogP contribution in [0.1, 0.15) is 27.0 Å². The normalized spacial score (nSPS) is 11.2. The number of para-hydroxylation sites is 1. The van der Waals surface area contributed by atoms with Crippen LogP contribution in [0.5, 0.6) is 0 Å². The Morgan fingerprint density at radius 1 is 0.828 bits per heavy atom. The molecule has 3 aromatic carbocycles. The Morgan fingerprint density at radius 3 is 2.24 bits per heavy atom. The molecule has 0 unspecified atom stereocenters. The van der Waals surface area contributed by atoms with Crippen molar-refractivity contribution in [3.05, 3.63) is 87.9 Å². The highest BCUT2D eigenvalue weighted by Crippen LogP contribution is 2.24. The van der Waals surface area contributed by atoms with E-state index in [4.69, 9.17) is 11.6 Å². The third-order valence-electron chi connectivity index (χ3n) is 4.57. The predicted octanol–water partition coefficient (Wildman–Crippen LogP) is 5.32. The third-order valence-corrected chi connectivity index (χ3v) is 6.31. The number of carbonyl (C=O) groups is 1. The lowest BCUT2D eigenvalue weighted by Crippen LogP contribution is -2.17. The highest BCUT2D eigenvalue weighted by Gasteiger charge is 2.20. The van der Waals surface area contributed by atoms with E-state index in [0.717, 1.165) is 11.1 Å². The first-order valence-electron chi connectivity index (χ1n) is 8.94. The summed E-state index contributed by atoms with van der Waals surface area (Å²) in [5.74, 6) is -0.400. The lowest BCUT2D eigenvalue weighted by Gasteiger charge is -2.14. The predicted molar refractivity (Wildman–Crippen MR) is 117 cm³/mol. The fourth-order valence-electron chi connectivity index (χ4n) is 2.88. The second-order valence-electron chi connectivity index (χ2n) is 6.81. The van der Waals surface area contributed by atoms with E-state index in [9.17, 15) is 13.2 Å². The molecule has 0 atom stereocenters. The van der Waals surface area contributed by atoms with Crippen LogP contribution in [0.2, 0.25) is 5.02 Å². The van der Waals surface area contributed by atoms with Gasteiger partial charge in [0.2, 0.25) is 0 Å². The molecule has 7 heteroatoms. The van der Waals surface area contributed by atoms with E-state index in [1.807, 2.05) is 26.0 Å². The topological polar surface area (TPSA) is 75.3 Å². The van der Waals surface area contributed by atoms with Crippen molar-refractivity contribution in [1.29, 1.82) is 0 Å². The van der Waals surface area contributed by atoms with Crippen molar-refractivity contribution in [3.8, 4) is 0 Å². The average Bonchev–Trinajstić information content (AvgIpc) is 2.66. The molecule has 3 aromatic rings. The van der Waals surface area contributed by atoms with Gasteiger partial charge in [-0.3, -0.25) is 9.52 Å². The highest BCUT2D eigenvalue weighted by molar-refractivity contribution is 7.92. The smallest absolute Gasteiger partial charge is 0.262 e. The van der Waals surface area contributed by atoms with Gasteiger partial charge in [0.05, 0.1) is 10.6 Å². The first-order valence-corrected chi connectivity index (χ1v) is 10.8. The molecule has 29 heavy (non-hydrogen) atoms. The molecule has 150 valence electrons. The van der Waals surface area contributed by atoms with Crippen molar-refractivity contribution < 1.29 is 13.2 Å². The van der Waals surface area contributed by atoms with Gasteiger partial charge in [0.1, 0.15) is 0 Å². The quantitative estimate of drug-likeness (QED) is 0.577. The fraction of sp³-hybridized carbons (Fsp3) is 0.136. The van der Waals surface area contributed by atoms with Crippen molar-refractivity contribution >= 4 is 38.9 Å². The van der Waals surface area contributed by atoms with Crippen LogP contribution in [-0.4, -0.2) is 14.3 Å². The zero-order valence-electron chi connectivity index (χ0n) is 16.3. The Labute approximate surface area is 175 Å². The van der Waals surface area contributed by atoms with Crippen molar-refractivity contribution in [2.45, 2.75) is 25.7 Å². The number of hydrogen-bond donors (Lipinski definition) is 2. The van der Waals surface area contributed by atoms with Gasteiger partial charge in [0, 0.05) is 16.3 Å². The number of carbonyl (C=O) groups excluding carboxylic acids is 1. The molecule has 0 saturated carbocycles. The Hall–Kier alpha value is -2.83. The zero-order valence-corrected chi connectivity index (χ0v) is 17.9. The Morgan fingerprint density at radius 2 is 1.55 bits per heavy atom. The van der Waals surface area contributed by atoms with Crippen LogP contribution in [0.25, 0.3) is 0 Å². The maximum atomic E-state index is 12.9. The van der Waals surface area contributed by atoms with Crippen LogP contribution in [0.3, 0.4) is 0 Å². The minimum atomic E-state index is -3.86. The monoisotopic (exact) mass is 428 g/mol. The minimum absolute atomic E-state index is 0.0567. The molecule has 3 rings (SSSR count). The van der Waals surface area contributed by atoms with E-state index in [0.29, 0.717) is 22.0 Å². The molecule has 0 aliphatic rings. The molecular formula is C22H21ClN2O3S. The first kappa shape index (κ1) is 20.9. The van der Waals surface area contributed by atoms with Gasteiger partial charge in [-0.1, -0.05) is 35.9 Å². The third kappa shape index (κ3) is 4.78. The number of hydrogen-bond acceptors (Lipinski definition) is 3. The van der Waals surface area contributed by atoms with Gasteiger partial charge in [-0.15, -0.1) is 0 Å². The molecule has 5 nitrogen and oxygen atoms in total. The van der Waals surface area contributed by atoms with E-state index in [2.05, 4.69) is 10.0 Å². The molecule has 1 amide bonds. The van der Waals surface area contributed by atoms with Crippen molar-refractivity contribution in [2.24, 2.45) is 0 Å². The number of anilines is 2. The SMILES string of the molecule is Cc1cc(Cl)ccc1NC(=O)c1ccc(C)c(S(=O)(=O)Nc2ccccc2C)c1. The van der Waals surface area contributed by atoms with E-state index in [-0.39, 0.29) is 10.5 Å². The van der Waals surface area contributed by atoms with Crippen molar-refractivity contribution in [2.75, 3.05) is 10.0 Å². The summed E-state index contributed by atoms with van der Waals surface area (Å²) in [6.45, 7) is 5.35. The summed E-state index contributed by atoms with van der Waals surface area (Å²) in [5, 5.41) is 3.37. The standard InChI is InChI=1S/C22H21ClN2O3S/c1-14-6-4-5-7-20(14)25-29(27,28)21-13-17(9-8-15(21)2)22(26)24-19-11-10-18(23)12-16(19)3/h4-13,25H,1-3H3,(H,24,26). The lowest BCUT2D eigenvalue weighted by molar-refractivity contribution is 0.102. The van der Waals surface area contributed by atoms with Gasteiger partial charge in [0.25, 0.3) is 15.9 Å². The van der Waals surface area contributed by atoms with Crippen LogP contribution < -0.4 is 10.0 Å². The number of sulfonamides is 1.